The normalized spacial score (nSPS) is 13.9. The number of nitro benzene ring substituents is 2. The van der Waals surface area contributed by atoms with Crippen LogP contribution in [0.3, 0.4) is 0 Å². The molecule has 0 saturated heterocycles. The minimum absolute atomic E-state index is 0.0309. The van der Waals surface area contributed by atoms with Crippen molar-refractivity contribution in [2.24, 2.45) is 0 Å². The summed E-state index contributed by atoms with van der Waals surface area (Å²) >= 11 is 23.4. The zero-order chi connectivity index (χ0) is 41.4. The summed E-state index contributed by atoms with van der Waals surface area (Å²) < 4.78 is 51.2. The molecule has 2 heterocycles. The minimum atomic E-state index is -3.95. The first-order chi connectivity index (χ1) is 26.9. The number of nitrogens with zero attached hydrogens (tertiary/aromatic N) is 2. The Labute approximate surface area is 349 Å². The number of carbonyl (C=O) groups is 2. The van der Waals surface area contributed by atoms with Gasteiger partial charge in [-0.05, 0) is 72.8 Å². The Balaban J connectivity index is 0.000000162. The van der Waals surface area contributed by atoms with Gasteiger partial charge in [-0.25, -0.2) is 16.8 Å². The number of nitro groups is 2. The van der Waals surface area contributed by atoms with Crippen LogP contribution in [0, 0.1) is 20.2 Å². The van der Waals surface area contributed by atoms with Crippen molar-refractivity contribution in [3.05, 3.63) is 179 Å². The van der Waals surface area contributed by atoms with Crippen LogP contribution in [-0.4, -0.2) is 38.2 Å². The molecule has 0 aromatic heterocycles. The van der Waals surface area contributed by atoms with E-state index in [-0.39, 0.29) is 74.1 Å². The van der Waals surface area contributed by atoms with Crippen molar-refractivity contribution >= 4 is 102 Å². The molecule has 0 N–H and O–H groups in total. The first-order valence-corrected chi connectivity index (χ1v) is 21.3. The standard InChI is InChI=1S/C19H10ClNO5S2.C13H6Cl2O3S.C6H5NO2S/c20-17-15(27-12-7-5-11(6-8-12)21(23)24)10-9-14-18(22)13-3-1-2-4-16(13)28(25,26)19(14)17;14-9-6-5-8-12(16)7-3-1-2-4-10(7)19(17,18)13(8)11(9)15;8-7(9)5-1-3-6(10)4-2-5/h1-10H;1-6H;1-4,10H. The van der Waals surface area contributed by atoms with Crippen LogP contribution in [0.5, 0.6) is 0 Å². The molecule has 6 aromatic carbocycles. The number of fused-ring (bicyclic) bond motifs is 4. The van der Waals surface area contributed by atoms with Crippen LogP contribution in [0.4, 0.5) is 11.4 Å². The first-order valence-electron chi connectivity index (χ1n) is 15.9. The molecule has 12 nitrogen and oxygen atoms in total. The minimum Gasteiger partial charge on any atom is -0.289 e. The summed E-state index contributed by atoms with van der Waals surface area (Å²) in [4.78, 5) is 46.2. The van der Waals surface area contributed by atoms with Gasteiger partial charge in [-0.2, -0.15) is 0 Å². The number of non-ortho nitro benzene ring substituents is 2. The Hall–Kier alpha value is -5.07. The molecule has 0 unspecified atom stereocenters. The third-order valence-electron chi connectivity index (χ3n) is 8.32. The fraction of sp³-hybridized carbons (Fsp3) is 0. The van der Waals surface area contributed by atoms with Crippen LogP contribution in [0.15, 0.2) is 156 Å². The average molecular weight is 900 g/mol. The van der Waals surface area contributed by atoms with Gasteiger partial charge in [-0.1, -0.05) is 70.8 Å². The average Bonchev–Trinajstić information content (AvgIpc) is 3.19. The predicted molar refractivity (Wildman–Crippen MR) is 216 cm³/mol. The molecular weight excluding hydrogens is 879 g/mol. The lowest BCUT2D eigenvalue weighted by Crippen LogP contribution is -2.20. The van der Waals surface area contributed by atoms with Gasteiger partial charge in [-0.3, -0.25) is 29.8 Å². The van der Waals surface area contributed by atoms with E-state index in [2.05, 4.69) is 12.6 Å². The van der Waals surface area contributed by atoms with E-state index in [4.69, 9.17) is 34.8 Å². The lowest BCUT2D eigenvalue weighted by molar-refractivity contribution is -0.385. The number of sulfone groups is 2. The van der Waals surface area contributed by atoms with E-state index in [1.807, 2.05) is 0 Å². The summed E-state index contributed by atoms with van der Waals surface area (Å²) in [7, 11) is -7.78. The molecule has 0 bridgehead atoms. The molecule has 0 saturated carbocycles. The molecule has 0 amide bonds. The molecule has 0 fully saturated rings. The van der Waals surface area contributed by atoms with Gasteiger partial charge in [0, 0.05) is 61.2 Å². The number of rotatable bonds is 4. The summed E-state index contributed by atoms with van der Waals surface area (Å²) in [5, 5.41) is 20.8. The summed E-state index contributed by atoms with van der Waals surface area (Å²) in [6.07, 6.45) is 0. The second-order valence-corrected chi connectivity index (χ2v) is 18.3. The number of ketones is 2. The van der Waals surface area contributed by atoms with Crippen LogP contribution in [0.25, 0.3) is 0 Å². The largest absolute Gasteiger partial charge is 0.289 e. The molecule has 0 spiro atoms. The highest BCUT2D eigenvalue weighted by molar-refractivity contribution is 7.99. The number of hydrogen-bond acceptors (Lipinski definition) is 12. The molecule has 0 radical (unpaired) electrons. The van der Waals surface area contributed by atoms with Crippen molar-refractivity contribution < 1.29 is 36.3 Å². The molecule has 19 heteroatoms. The van der Waals surface area contributed by atoms with Crippen molar-refractivity contribution in [2.45, 2.75) is 34.3 Å². The van der Waals surface area contributed by atoms with E-state index in [1.165, 1.54) is 66.7 Å². The predicted octanol–water partition coefficient (Wildman–Crippen LogP) is 10.0. The second-order valence-electron chi connectivity index (χ2n) is 11.8. The monoisotopic (exact) mass is 898 g/mol. The second kappa shape index (κ2) is 16.4. The molecule has 0 atom stereocenters. The SMILES string of the molecule is O=C1c2ccccc2S(=O)(=O)c2c1ccc(Cl)c2Cl.O=C1c2ccccc2S(=O)(=O)c2c1ccc(Sc1ccc([N+](=O)[O-])cc1)c2Cl.O=[N+]([O-])c1ccc(S)cc1. The van der Waals surface area contributed by atoms with Gasteiger partial charge in [0.1, 0.15) is 9.79 Å². The van der Waals surface area contributed by atoms with Crippen LogP contribution in [-0.2, 0) is 19.7 Å². The van der Waals surface area contributed by atoms with Crippen molar-refractivity contribution in [3.8, 4) is 0 Å². The fourth-order valence-electron chi connectivity index (χ4n) is 5.66. The summed E-state index contributed by atoms with van der Waals surface area (Å²) in [6, 6.07) is 29.7. The third-order valence-corrected chi connectivity index (χ3v) is 15.0. The molecule has 8 rings (SSSR count). The van der Waals surface area contributed by atoms with Gasteiger partial charge in [0.25, 0.3) is 11.4 Å². The van der Waals surface area contributed by atoms with E-state index < -0.39 is 35.3 Å². The van der Waals surface area contributed by atoms with Gasteiger partial charge < -0.3 is 0 Å². The van der Waals surface area contributed by atoms with Crippen LogP contribution >= 0.6 is 59.2 Å². The summed E-state index contributed by atoms with van der Waals surface area (Å²) in [6.45, 7) is 0. The van der Waals surface area contributed by atoms with Gasteiger partial charge >= 0.3 is 0 Å². The lowest BCUT2D eigenvalue weighted by Gasteiger charge is -2.21. The molecule has 6 aromatic rings. The Kier molecular flexibility index (Phi) is 12.0. The summed E-state index contributed by atoms with van der Waals surface area (Å²) in [5.74, 6) is -0.756. The number of halogens is 3. The number of hydrogen-bond donors (Lipinski definition) is 1. The molecule has 288 valence electrons. The van der Waals surface area contributed by atoms with Crippen LogP contribution in [0.1, 0.15) is 31.8 Å². The van der Waals surface area contributed by atoms with E-state index >= 15 is 0 Å². The molecule has 57 heavy (non-hydrogen) atoms. The van der Waals surface area contributed by atoms with Crippen LogP contribution < -0.4 is 0 Å². The zero-order valence-electron chi connectivity index (χ0n) is 28.3. The fourth-order valence-corrected chi connectivity index (χ4v) is 11.4. The zero-order valence-corrected chi connectivity index (χ0v) is 33.9. The maximum absolute atomic E-state index is 13.1. The third kappa shape index (κ3) is 8.07. The number of thiol groups is 1. The highest BCUT2D eigenvalue weighted by atomic mass is 35.5. The van der Waals surface area contributed by atoms with E-state index in [0.717, 1.165) is 16.7 Å². The highest BCUT2D eigenvalue weighted by Crippen LogP contribution is 2.44. The number of benzene rings is 6. The summed E-state index contributed by atoms with van der Waals surface area (Å²) in [5.41, 5.74) is 0.434. The maximum Gasteiger partial charge on any atom is 0.269 e. The van der Waals surface area contributed by atoms with Crippen molar-refractivity contribution in [3.63, 3.8) is 0 Å². The van der Waals surface area contributed by atoms with Crippen molar-refractivity contribution in [2.75, 3.05) is 0 Å². The van der Waals surface area contributed by atoms with Gasteiger partial charge in [0.15, 0.2) is 11.6 Å². The Bertz CT molecular complexity index is 2890. The van der Waals surface area contributed by atoms with Gasteiger partial charge in [-0.15, -0.1) is 12.6 Å². The van der Waals surface area contributed by atoms with E-state index in [1.54, 1.807) is 54.6 Å². The quantitative estimate of drug-likeness (QED) is 0.101. The molecular formula is C38H21Cl3N2O10S4. The Morgan fingerprint density at radius 3 is 1.42 bits per heavy atom. The van der Waals surface area contributed by atoms with E-state index in [9.17, 15) is 46.7 Å². The van der Waals surface area contributed by atoms with Gasteiger partial charge in [0.05, 0.1) is 34.7 Å². The lowest BCUT2D eigenvalue weighted by atomic mass is 10.0. The smallest absolute Gasteiger partial charge is 0.269 e. The number of carbonyl (C=O) groups excluding carboxylic acids is 2. The van der Waals surface area contributed by atoms with Gasteiger partial charge in [0.2, 0.25) is 19.7 Å². The molecule has 0 aliphatic carbocycles. The van der Waals surface area contributed by atoms with Crippen molar-refractivity contribution in [1.82, 2.24) is 0 Å². The van der Waals surface area contributed by atoms with Crippen molar-refractivity contribution in [1.29, 1.82) is 0 Å². The van der Waals surface area contributed by atoms with Crippen LogP contribution in [0.2, 0.25) is 15.1 Å². The maximum atomic E-state index is 13.1. The molecule has 2 aliphatic rings. The topological polar surface area (TPSA) is 189 Å². The Morgan fingerprint density at radius 2 is 0.947 bits per heavy atom. The Morgan fingerprint density at radius 1 is 0.526 bits per heavy atom. The highest BCUT2D eigenvalue weighted by Gasteiger charge is 2.38. The first kappa shape index (κ1) is 41.6. The van der Waals surface area contributed by atoms with E-state index in [0.29, 0.717) is 9.79 Å². The molecule has 2 aliphatic heterocycles.